The second-order valence-corrected chi connectivity index (χ2v) is 5.08. The van der Waals surface area contributed by atoms with Gasteiger partial charge < -0.3 is 15.2 Å². The standard InChI is InChI=1S/C13H15F2NO4/c1-13(2,3)20-12(19)16-10(11(17)18)8-6-7(14)4-5-9(8)15/h4-6,10H,1-3H3,(H,16,19)(H,17,18)/t10-/m1/s1. The molecule has 1 amide bonds. The Kier molecular flexibility index (Phi) is 4.65. The molecule has 0 aromatic heterocycles. The fourth-order valence-corrected chi connectivity index (χ4v) is 1.43. The second kappa shape index (κ2) is 5.85. The average Bonchev–Trinajstić information content (AvgIpc) is 2.27. The van der Waals surface area contributed by atoms with E-state index in [1.807, 2.05) is 5.32 Å². The number of carbonyl (C=O) groups is 2. The zero-order valence-corrected chi connectivity index (χ0v) is 11.2. The first-order chi connectivity index (χ1) is 9.10. The van der Waals surface area contributed by atoms with Crippen molar-refractivity contribution in [2.24, 2.45) is 0 Å². The number of hydrogen-bond donors (Lipinski definition) is 2. The Morgan fingerprint density at radius 1 is 1.30 bits per heavy atom. The van der Waals surface area contributed by atoms with Gasteiger partial charge in [0, 0.05) is 5.56 Å². The first-order valence-electron chi connectivity index (χ1n) is 5.77. The molecule has 1 atom stereocenters. The minimum atomic E-state index is -1.74. The number of carbonyl (C=O) groups excluding carboxylic acids is 1. The van der Waals surface area contributed by atoms with E-state index in [-0.39, 0.29) is 0 Å². The van der Waals surface area contributed by atoms with E-state index in [0.29, 0.717) is 6.07 Å². The maximum absolute atomic E-state index is 13.5. The van der Waals surface area contributed by atoms with E-state index in [0.717, 1.165) is 12.1 Å². The molecule has 5 nitrogen and oxygen atoms in total. The molecule has 7 heteroatoms. The Balaban J connectivity index is 2.98. The molecule has 110 valence electrons. The Morgan fingerprint density at radius 3 is 2.40 bits per heavy atom. The largest absolute Gasteiger partial charge is 0.479 e. The highest BCUT2D eigenvalue weighted by atomic mass is 19.1. The maximum atomic E-state index is 13.5. The van der Waals surface area contributed by atoms with Crippen molar-refractivity contribution in [3.8, 4) is 0 Å². The van der Waals surface area contributed by atoms with Crippen molar-refractivity contribution < 1.29 is 28.2 Å². The fraction of sp³-hybridized carbons (Fsp3) is 0.385. The van der Waals surface area contributed by atoms with Crippen LogP contribution in [0.3, 0.4) is 0 Å². The Hall–Kier alpha value is -2.18. The van der Waals surface area contributed by atoms with Crippen molar-refractivity contribution >= 4 is 12.1 Å². The van der Waals surface area contributed by atoms with Crippen LogP contribution in [-0.2, 0) is 9.53 Å². The third kappa shape index (κ3) is 4.49. The summed E-state index contributed by atoms with van der Waals surface area (Å²) >= 11 is 0. The van der Waals surface area contributed by atoms with Gasteiger partial charge in [-0.05, 0) is 39.0 Å². The van der Waals surface area contributed by atoms with E-state index in [4.69, 9.17) is 9.84 Å². The predicted octanol–water partition coefficient (Wildman–Crippen LogP) is 2.62. The molecule has 1 rings (SSSR count). The van der Waals surface area contributed by atoms with Gasteiger partial charge in [-0.25, -0.2) is 18.4 Å². The first-order valence-corrected chi connectivity index (χ1v) is 5.77. The summed E-state index contributed by atoms with van der Waals surface area (Å²) in [6, 6.07) is 0.620. The van der Waals surface area contributed by atoms with Gasteiger partial charge in [-0.15, -0.1) is 0 Å². The van der Waals surface area contributed by atoms with E-state index >= 15 is 0 Å². The summed E-state index contributed by atoms with van der Waals surface area (Å²) in [5.74, 6) is -3.27. The number of ether oxygens (including phenoxy) is 1. The Labute approximate surface area is 114 Å². The van der Waals surface area contributed by atoms with Crippen LogP contribution in [0, 0.1) is 11.6 Å². The van der Waals surface area contributed by atoms with E-state index in [2.05, 4.69) is 0 Å². The van der Waals surface area contributed by atoms with Crippen LogP contribution in [0.25, 0.3) is 0 Å². The van der Waals surface area contributed by atoms with Crippen molar-refractivity contribution in [2.75, 3.05) is 0 Å². The summed E-state index contributed by atoms with van der Waals surface area (Å²) in [7, 11) is 0. The lowest BCUT2D eigenvalue weighted by Gasteiger charge is -2.22. The molecule has 1 aromatic rings. The van der Waals surface area contributed by atoms with E-state index in [1.54, 1.807) is 20.8 Å². The van der Waals surface area contributed by atoms with Gasteiger partial charge in [0.2, 0.25) is 0 Å². The fourth-order valence-electron chi connectivity index (χ4n) is 1.43. The van der Waals surface area contributed by atoms with Gasteiger partial charge in [-0.1, -0.05) is 0 Å². The Morgan fingerprint density at radius 2 is 1.90 bits per heavy atom. The number of alkyl carbamates (subject to hydrolysis) is 1. The molecule has 2 N–H and O–H groups in total. The molecule has 0 aliphatic rings. The van der Waals surface area contributed by atoms with Gasteiger partial charge in [0.25, 0.3) is 0 Å². The molecule has 20 heavy (non-hydrogen) atoms. The van der Waals surface area contributed by atoms with Gasteiger partial charge >= 0.3 is 12.1 Å². The summed E-state index contributed by atoms with van der Waals surface area (Å²) in [4.78, 5) is 22.6. The van der Waals surface area contributed by atoms with Gasteiger partial charge in [0.1, 0.15) is 17.2 Å². The smallest absolute Gasteiger partial charge is 0.408 e. The topological polar surface area (TPSA) is 75.6 Å². The summed E-state index contributed by atoms with van der Waals surface area (Å²) in [5.41, 5.74) is -1.32. The van der Waals surface area contributed by atoms with Crippen LogP contribution in [0.4, 0.5) is 13.6 Å². The molecule has 0 aliphatic carbocycles. The molecule has 0 saturated heterocycles. The zero-order valence-electron chi connectivity index (χ0n) is 11.2. The third-order valence-electron chi connectivity index (χ3n) is 2.18. The highest BCUT2D eigenvalue weighted by molar-refractivity contribution is 5.81. The summed E-state index contributed by atoms with van der Waals surface area (Å²) in [6.45, 7) is 4.77. The summed E-state index contributed by atoms with van der Waals surface area (Å²) in [5, 5.41) is 11.0. The van der Waals surface area contributed by atoms with E-state index in [1.165, 1.54) is 0 Å². The molecule has 0 bridgehead atoms. The molecule has 0 aliphatic heterocycles. The Bertz CT molecular complexity index is 526. The lowest BCUT2D eigenvalue weighted by molar-refractivity contribution is -0.139. The van der Waals surface area contributed by atoms with Crippen LogP contribution < -0.4 is 5.32 Å². The van der Waals surface area contributed by atoms with E-state index < -0.39 is 40.9 Å². The minimum Gasteiger partial charge on any atom is -0.479 e. The molecule has 0 unspecified atom stereocenters. The molecule has 0 fully saturated rings. The highest BCUT2D eigenvalue weighted by Gasteiger charge is 2.28. The number of carboxylic acid groups (broad SMARTS) is 1. The molecular weight excluding hydrogens is 272 g/mol. The average molecular weight is 287 g/mol. The second-order valence-electron chi connectivity index (χ2n) is 5.08. The van der Waals surface area contributed by atoms with Crippen LogP contribution in [0.1, 0.15) is 32.4 Å². The minimum absolute atomic E-state index is 0.483. The number of halogens is 2. The lowest BCUT2D eigenvalue weighted by atomic mass is 10.1. The van der Waals surface area contributed by atoms with Gasteiger partial charge in [-0.3, -0.25) is 0 Å². The molecule has 0 saturated carbocycles. The highest BCUT2D eigenvalue weighted by Crippen LogP contribution is 2.19. The molecule has 1 aromatic carbocycles. The van der Waals surface area contributed by atoms with Crippen molar-refractivity contribution in [1.82, 2.24) is 5.32 Å². The summed E-state index contributed by atoms with van der Waals surface area (Å²) < 4.78 is 31.5. The third-order valence-corrected chi connectivity index (χ3v) is 2.18. The number of amides is 1. The molecule has 0 heterocycles. The van der Waals surface area contributed by atoms with Crippen molar-refractivity contribution in [3.05, 3.63) is 35.4 Å². The normalized spacial score (nSPS) is 12.7. The van der Waals surface area contributed by atoms with Crippen LogP contribution >= 0.6 is 0 Å². The number of nitrogens with one attached hydrogen (secondary N) is 1. The first kappa shape index (κ1) is 15.9. The van der Waals surface area contributed by atoms with Crippen LogP contribution in [0.15, 0.2) is 18.2 Å². The van der Waals surface area contributed by atoms with Crippen LogP contribution in [0.2, 0.25) is 0 Å². The van der Waals surface area contributed by atoms with E-state index in [9.17, 15) is 18.4 Å². The predicted molar refractivity (Wildman–Crippen MR) is 66.1 cm³/mol. The maximum Gasteiger partial charge on any atom is 0.408 e. The van der Waals surface area contributed by atoms with Crippen LogP contribution in [-0.4, -0.2) is 22.8 Å². The quantitative estimate of drug-likeness (QED) is 0.896. The monoisotopic (exact) mass is 287 g/mol. The molecule has 0 radical (unpaired) electrons. The van der Waals surface area contributed by atoms with Crippen molar-refractivity contribution in [2.45, 2.75) is 32.4 Å². The van der Waals surface area contributed by atoms with Crippen molar-refractivity contribution in [3.63, 3.8) is 0 Å². The molecule has 0 spiro atoms. The zero-order chi connectivity index (χ0) is 15.5. The van der Waals surface area contributed by atoms with Gasteiger partial charge in [-0.2, -0.15) is 0 Å². The van der Waals surface area contributed by atoms with Crippen molar-refractivity contribution in [1.29, 1.82) is 0 Å². The SMILES string of the molecule is CC(C)(C)OC(=O)N[C@@H](C(=O)O)c1cc(F)ccc1F. The van der Waals surface area contributed by atoms with Gasteiger partial charge in [0.15, 0.2) is 6.04 Å². The lowest BCUT2D eigenvalue weighted by Crippen LogP contribution is -2.38. The number of rotatable bonds is 3. The summed E-state index contributed by atoms with van der Waals surface area (Å²) in [6.07, 6.45) is -1.03. The van der Waals surface area contributed by atoms with Crippen LogP contribution in [0.5, 0.6) is 0 Å². The number of benzene rings is 1. The molecular formula is C13H15F2NO4. The number of hydrogen-bond acceptors (Lipinski definition) is 3. The number of aliphatic carboxylic acids is 1. The number of carboxylic acids is 1. The van der Waals surface area contributed by atoms with Gasteiger partial charge in [0.05, 0.1) is 0 Å².